The summed E-state index contributed by atoms with van der Waals surface area (Å²) in [4.78, 5) is 23.2. The van der Waals surface area contributed by atoms with Gasteiger partial charge in [0.1, 0.15) is 5.76 Å². The van der Waals surface area contributed by atoms with Crippen LogP contribution in [0.3, 0.4) is 0 Å². The van der Waals surface area contributed by atoms with Gasteiger partial charge in [-0.05, 0) is 42.4 Å². The molecule has 1 aromatic carbocycles. The first-order valence-corrected chi connectivity index (χ1v) is 11.2. The fourth-order valence-corrected chi connectivity index (χ4v) is 4.08. The lowest BCUT2D eigenvalue weighted by Crippen LogP contribution is -2.53. The van der Waals surface area contributed by atoms with E-state index in [0.29, 0.717) is 25.4 Å². The minimum Gasteiger partial charge on any atom is -0.468 e. The normalized spacial score (nSPS) is 14.7. The summed E-state index contributed by atoms with van der Waals surface area (Å²) in [6.07, 6.45) is 3.24. The van der Waals surface area contributed by atoms with E-state index in [1.807, 2.05) is 17.0 Å². The maximum absolute atomic E-state index is 12.5. The number of hydrogen-bond donors (Lipinski definition) is 1. The number of carbonyl (C=O) groups is 1. The van der Waals surface area contributed by atoms with E-state index in [1.54, 1.807) is 25.4 Å². The Balaban J connectivity index is 1.30. The number of amides is 1. The maximum atomic E-state index is 12.5. The number of nitrogens with one attached hydrogen (secondary N) is 1. The second kappa shape index (κ2) is 10.9. The molecule has 0 atom stereocenters. The molecule has 0 radical (unpaired) electrons. The summed E-state index contributed by atoms with van der Waals surface area (Å²) in [5.41, 5.74) is 2.50. The fourth-order valence-electron chi connectivity index (χ4n) is 4.08. The summed E-state index contributed by atoms with van der Waals surface area (Å²) in [5.74, 6) is 2.13. The first kappa shape index (κ1) is 22.7. The summed E-state index contributed by atoms with van der Waals surface area (Å²) in [7, 11) is 3.89. The number of nitrogens with zero attached hydrogens (tertiary/aromatic N) is 4. The molecule has 1 saturated heterocycles. The van der Waals surface area contributed by atoms with Crippen LogP contribution in [0.4, 0.5) is 0 Å². The molecule has 1 aliphatic heterocycles. The molecule has 1 aliphatic rings. The molecular weight excluding hydrogens is 418 g/mol. The number of guanidine groups is 1. The van der Waals surface area contributed by atoms with E-state index in [1.165, 1.54) is 17.4 Å². The Labute approximate surface area is 194 Å². The molecule has 0 spiro atoms. The average Bonchev–Trinajstić information content (AvgIpc) is 3.55. The molecule has 0 bridgehead atoms. The third-order valence-corrected chi connectivity index (χ3v) is 5.81. The van der Waals surface area contributed by atoms with Gasteiger partial charge in [-0.3, -0.25) is 14.7 Å². The van der Waals surface area contributed by atoms with Gasteiger partial charge in [-0.2, -0.15) is 0 Å². The van der Waals surface area contributed by atoms with Gasteiger partial charge in [-0.15, -0.1) is 0 Å². The van der Waals surface area contributed by atoms with Crippen LogP contribution in [0.1, 0.15) is 27.4 Å². The Morgan fingerprint density at radius 3 is 2.30 bits per heavy atom. The van der Waals surface area contributed by atoms with Gasteiger partial charge in [0.2, 0.25) is 0 Å². The van der Waals surface area contributed by atoms with Gasteiger partial charge in [0.05, 0.1) is 19.1 Å². The van der Waals surface area contributed by atoms with Crippen molar-refractivity contribution >= 4 is 11.9 Å². The highest BCUT2D eigenvalue weighted by Crippen LogP contribution is 2.14. The number of furan rings is 2. The molecule has 174 valence electrons. The zero-order chi connectivity index (χ0) is 23.0. The van der Waals surface area contributed by atoms with E-state index in [0.717, 1.165) is 37.9 Å². The molecule has 0 saturated carbocycles. The molecule has 0 aliphatic carbocycles. The second-order valence-electron chi connectivity index (χ2n) is 8.18. The summed E-state index contributed by atoms with van der Waals surface area (Å²) < 4.78 is 10.7. The number of benzene rings is 1. The quantitative estimate of drug-likeness (QED) is 0.441. The highest BCUT2D eigenvalue weighted by molar-refractivity contribution is 5.91. The molecule has 3 aromatic rings. The van der Waals surface area contributed by atoms with Crippen LogP contribution in [-0.2, 0) is 19.6 Å². The van der Waals surface area contributed by atoms with E-state index in [2.05, 4.69) is 51.4 Å². The molecule has 0 unspecified atom stereocenters. The van der Waals surface area contributed by atoms with Crippen molar-refractivity contribution in [2.75, 3.05) is 40.3 Å². The van der Waals surface area contributed by atoms with Crippen molar-refractivity contribution < 1.29 is 13.6 Å². The molecule has 3 heterocycles. The third-order valence-electron chi connectivity index (χ3n) is 5.81. The average molecular weight is 450 g/mol. The zero-order valence-corrected chi connectivity index (χ0v) is 19.2. The lowest BCUT2D eigenvalue weighted by atomic mass is 10.1. The molecule has 8 heteroatoms. The van der Waals surface area contributed by atoms with Gasteiger partial charge in [-0.25, -0.2) is 0 Å². The molecule has 4 rings (SSSR count). The van der Waals surface area contributed by atoms with Gasteiger partial charge in [0, 0.05) is 46.3 Å². The van der Waals surface area contributed by atoms with Crippen molar-refractivity contribution in [3.05, 3.63) is 83.7 Å². The van der Waals surface area contributed by atoms with Gasteiger partial charge in [0.25, 0.3) is 5.91 Å². The van der Waals surface area contributed by atoms with Crippen LogP contribution in [-0.4, -0.2) is 66.8 Å². The Morgan fingerprint density at radius 2 is 1.64 bits per heavy atom. The number of piperazine rings is 1. The highest BCUT2D eigenvalue weighted by Gasteiger charge is 2.25. The van der Waals surface area contributed by atoms with Gasteiger partial charge in [-0.1, -0.05) is 24.3 Å². The van der Waals surface area contributed by atoms with E-state index >= 15 is 0 Å². The van der Waals surface area contributed by atoms with Crippen molar-refractivity contribution in [2.24, 2.45) is 4.99 Å². The summed E-state index contributed by atoms with van der Waals surface area (Å²) in [5, 5.41) is 3.50. The van der Waals surface area contributed by atoms with Gasteiger partial charge >= 0.3 is 0 Å². The van der Waals surface area contributed by atoms with E-state index in [9.17, 15) is 4.79 Å². The van der Waals surface area contributed by atoms with E-state index < -0.39 is 0 Å². The van der Waals surface area contributed by atoms with E-state index in [4.69, 9.17) is 8.83 Å². The SMILES string of the molecule is CN=C(NCc1ccccc1CN(C)Cc1ccco1)N1CCN(C(=O)c2ccco2)CC1. The van der Waals surface area contributed by atoms with Crippen LogP contribution < -0.4 is 5.32 Å². The first-order valence-electron chi connectivity index (χ1n) is 11.2. The first-order chi connectivity index (χ1) is 16.1. The monoisotopic (exact) mass is 449 g/mol. The summed E-state index contributed by atoms with van der Waals surface area (Å²) >= 11 is 0. The number of hydrogen-bond acceptors (Lipinski definition) is 5. The number of rotatable bonds is 7. The Morgan fingerprint density at radius 1 is 0.939 bits per heavy atom. The van der Waals surface area contributed by atoms with Crippen molar-refractivity contribution in [3.63, 3.8) is 0 Å². The van der Waals surface area contributed by atoms with Crippen LogP contribution in [0.25, 0.3) is 0 Å². The lowest BCUT2D eigenvalue weighted by molar-refractivity contribution is 0.0657. The van der Waals surface area contributed by atoms with Crippen LogP contribution >= 0.6 is 0 Å². The maximum Gasteiger partial charge on any atom is 0.289 e. The molecule has 8 nitrogen and oxygen atoms in total. The molecular formula is C25H31N5O3. The summed E-state index contributed by atoms with van der Waals surface area (Å²) in [6.45, 7) is 4.98. The third kappa shape index (κ3) is 5.84. The molecule has 1 amide bonds. The largest absolute Gasteiger partial charge is 0.468 e. The minimum atomic E-state index is -0.0600. The smallest absolute Gasteiger partial charge is 0.289 e. The lowest BCUT2D eigenvalue weighted by Gasteiger charge is -2.36. The van der Waals surface area contributed by atoms with Crippen molar-refractivity contribution in [1.29, 1.82) is 0 Å². The second-order valence-corrected chi connectivity index (χ2v) is 8.18. The van der Waals surface area contributed by atoms with Gasteiger partial charge in [0.15, 0.2) is 11.7 Å². The van der Waals surface area contributed by atoms with Crippen LogP contribution in [0.5, 0.6) is 0 Å². The topological polar surface area (TPSA) is 77.5 Å². The minimum absolute atomic E-state index is 0.0600. The highest BCUT2D eigenvalue weighted by atomic mass is 16.3. The van der Waals surface area contributed by atoms with Crippen molar-refractivity contribution in [2.45, 2.75) is 19.6 Å². The van der Waals surface area contributed by atoms with Gasteiger partial charge < -0.3 is 24.0 Å². The fraction of sp³-hybridized carbons (Fsp3) is 0.360. The Hall–Kier alpha value is -3.52. The standard InChI is InChI=1S/C25H31N5O3/c1-26-25(30-13-11-29(12-14-30)24(31)23-10-6-16-33-23)27-17-20-7-3-4-8-21(20)18-28(2)19-22-9-5-15-32-22/h3-10,15-16H,11-14,17-19H2,1-2H3,(H,26,27). The predicted octanol–water partition coefficient (Wildman–Crippen LogP) is 3.04. The van der Waals surface area contributed by atoms with Crippen LogP contribution in [0.15, 0.2) is 74.9 Å². The molecule has 2 aromatic heterocycles. The predicted molar refractivity (Wildman–Crippen MR) is 127 cm³/mol. The Bertz CT molecular complexity index is 1040. The van der Waals surface area contributed by atoms with E-state index in [-0.39, 0.29) is 5.91 Å². The molecule has 1 N–H and O–H groups in total. The van der Waals surface area contributed by atoms with Crippen LogP contribution in [0.2, 0.25) is 0 Å². The molecule has 33 heavy (non-hydrogen) atoms. The Kier molecular flexibility index (Phi) is 7.47. The summed E-state index contributed by atoms with van der Waals surface area (Å²) in [6, 6.07) is 15.8. The van der Waals surface area contributed by atoms with Crippen LogP contribution in [0, 0.1) is 0 Å². The number of aliphatic imine (C=N–C) groups is 1. The molecule has 1 fully saturated rings. The zero-order valence-electron chi connectivity index (χ0n) is 19.2. The van der Waals surface area contributed by atoms with Crippen molar-refractivity contribution in [1.82, 2.24) is 20.0 Å². The number of carbonyl (C=O) groups excluding carboxylic acids is 1. The van der Waals surface area contributed by atoms with Crippen molar-refractivity contribution in [3.8, 4) is 0 Å².